The summed E-state index contributed by atoms with van der Waals surface area (Å²) in [5.41, 5.74) is 2.53. The van der Waals surface area contributed by atoms with Crippen molar-refractivity contribution in [3.05, 3.63) is 39.8 Å². The fraction of sp³-hybridized carbons (Fsp3) is 0.421. The van der Waals surface area contributed by atoms with Crippen LogP contribution in [0.5, 0.6) is 11.5 Å². The van der Waals surface area contributed by atoms with E-state index >= 15 is 0 Å². The third-order valence-corrected chi connectivity index (χ3v) is 6.30. The molecule has 7 heteroatoms. The molecular formula is C19H23N3O3S. The maximum absolute atomic E-state index is 12.8. The topological polar surface area (TPSA) is 73.8 Å². The molecule has 1 unspecified atom stereocenters. The average Bonchev–Trinajstić information content (AvgIpc) is 2.99. The van der Waals surface area contributed by atoms with E-state index in [4.69, 9.17) is 4.74 Å². The van der Waals surface area contributed by atoms with Crippen molar-refractivity contribution in [1.29, 1.82) is 0 Å². The lowest BCUT2D eigenvalue weighted by molar-refractivity contribution is 0.0934. The smallest absolute Gasteiger partial charge is 0.256 e. The summed E-state index contributed by atoms with van der Waals surface area (Å²) in [5.74, 6) is 0.354. The number of hydrogen-bond donors (Lipinski definition) is 3. The van der Waals surface area contributed by atoms with Gasteiger partial charge in [0, 0.05) is 29.6 Å². The van der Waals surface area contributed by atoms with E-state index in [0.29, 0.717) is 17.4 Å². The van der Waals surface area contributed by atoms with Crippen LogP contribution in [0.1, 0.15) is 46.4 Å². The summed E-state index contributed by atoms with van der Waals surface area (Å²) in [6.07, 6.45) is 0.412. The van der Waals surface area contributed by atoms with Crippen molar-refractivity contribution in [3.63, 3.8) is 0 Å². The first-order valence-corrected chi connectivity index (χ1v) is 9.63. The molecule has 1 amide bonds. The highest BCUT2D eigenvalue weighted by Gasteiger charge is 2.34. The van der Waals surface area contributed by atoms with Gasteiger partial charge in [-0.2, -0.15) is 0 Å². The monoisotopic (exact) mass is 373 g/mol. The average molecular weight is 373 g/mol. The molecule has 0 bridgehead atoms. The van der Waals surface area contributed by atoms with Gasteiger partial charge in [0.25, 0.3) is 5.91 Å². The largest absolute Gasteiger partial charge is 0.504 e. The normalized spacial score (nSPS) is 19.5. The number of rotatable bonds is 3. The SMILES string of the molecule is COc1cccc(C2NC(=O)c3c(sc4c3CCN(C(C)C)C4)N2)c1O. The van der Waals surface area contributed by atoms with Crippen molar-refractivity contribution in [2.24, 2.45) is 0 Å². The molecule has 4 rings (SSSR count). The first-order chi connectivity index (χ1) is 12.5. The van der Waals surface area contributed by atoms with Crippen LogP contribution in [0.2, 0.25) is 0 Å². The molecule has 2 aliphatic rings. The number of nitrogens with one attached hydrogen (secondary N) is 2. The minimum absolute atomic E-state index is 0.0450. The van der Waals surface area contributed by atoms with E-state index in [9.17, 15) is 9.90 Å². The Balaban J connectivity index is 1.67. The Hall–Kier alpha value is -2.25. The Morgan fingerprint density at radius 2 is 2.15 bits per heavy atom. The van der Waals surface area contributed by atoms with Gasteiger partial charge in [0.05, 0.1) is 12.7 Å². The van der Waals surface area contributed by atoms with E-state index in [0.717, 1.165) is 30.1 Å². The Morgan fingerprint density at radius 1 is 1.35 bits per heavy atom. The fourth-order valence-corrected chi connectivity index (χ4v) is 4.97. The van der Waals surface area contributed by atoms with Gasteiger partial charge in [-0.1, -0.05) is 12.1 Å². The van der Waals surface area contributed by atoms with Gasteiger partial charge in [0.1, 0.15) is 11.2 Å². The van der Waals surface area contributed by atoms with Gasteiger partial charge in [0.2, 0.25) is 0 Å². The maximum atomic E-state index is 12.8. The zero-order chi connectivity index (χ0) is 18.4. The number of thiophene rings is 1. The molecule has 2 aliphatic heterocycles. The Morgan fingerprint density at radius 3 is 2.88 bits per heavy atom. The number of phenolic OH excluding ortho intramolecular Hbond substituents is 1. The highest BCUT2D eigenvalue weighted by atomic mass is 32.1. The number of amides is 1. The fourth-order valence-electron chi connectivity index (χ4n) is 3.67. The first-order valence-electron chi connectivity index (χ1n) is 8.81. The second kappa shape index (κ2) is 6.48. The standard InChI is InChI=1S/C19H23N3O3S/c1-10(2)22-8-7-11-14(9-22)26-19-15(11)18(24)20-17(21-19)12-5-4-6-13(25-3)16(12)23/h4-6,10,17,21,23H,7-9H2,1-3H3,(H,20,24). The molecule has 2 aromatic rings. The van der Waals surface area contributed by atoms with Crippen LogP contribution in [-0.4, -0.2) is 35.6 Å². The zero-order valence-corrected chi connectivity index (χ0v) is 15.9. The number of anilines is 1. The molecule has 138 valence electrons. The number of hydrogen-bond acceptors (Lipinski definition) is 6. The third-order valence-electron chi connectivity index (χ3n) is 5.16. The van der Waals surface area contributed by atoms with Crippen LogP contribution in [0.15, 0.2) is 18.2 Å². The summed E-state index contributed by atoms with van der Waals surface area (Å²) in [5, 5.41) is 17.7. The van der Waals surface area contributed by atoms with Crippen LogP contribution < -0.4 is 15.4 Å². The summed E-state index contributed by atoms with van der Waals surface area (Å²) >= 11 is 1.65. The molecule has 1 aromatic carbocycles. The number of methoxy groups -OCH3 is 1. The minimum atomic E-state index is -0.480. The van der Waals surface area contributed by atoms with Crippen LogP contribution >= 0.6 is 11.3 Å². The van der Waals surface area contributed by atoms with E-state index < -0.39 is 6.17 Å². The number of benzene rings is 1. The third kappa shape index (κ3) is 2.71. The lowest BCUT2D eigenvalue weighted by atomic mass is 9.99. The Labute approximate surface area is 156 Å². The number of fused-ring (bicyclic) bond motifs is 3. The van der Waals surface area contributed by atoms with Crippen molar-refractivity contribution in [2.45, 2.75) is 39.0 Å². The molecule has 26 heavy (non-hydrogen) atoms. The molecule has 0 aliphatic carbocycles. The number of phenols is 1. The van der Waals surface area contributed by atoms with Crippen molar-refractivity contribution in [1.82, 2.24) is 10.2 Å². The van der Waals surface area contributed by atoms with E-state index in [1.54, 1.807) is 29.5 Å². The van der Waals surface area contributed by atoms with Gasteiger partial charge in [-0.3, -0.25) is 9.69 Å². The summed E-state index contributed by atoms with van der Waals surface area (Å²) in [7, 11) is 1.51. The summed E-state index contributed by atoms with van der Waals surface area (Å²) < 4.78 is 5.18. The van der Waals surface area contributed by atoms with Crippen molar-refractivity contribution in [3.8, 4) is 11.5 Å². The highest BCUT2D eigenvalue weighted by molar-refractivity contribution is 7.16. The van der Waals surface area contributed by atoms with Gasteiger partial charge in [-0.05, 0) is 31.9 Å². The number of aromatic hydroxyl groups is 1. The van der Waals surface area contributed by atoms with Crippen molar-refractivity contribution < 1.29 is 14.6 Å². The molecule has 0 saturated carbocycles. The predicted octanol–water partition coefficient (Wildman–Crippen LogP) is 3.08. The molecule has 0 saturated heterocycles. The van der Waals surface area contributed by atoms with Crippen LogP contribution in [0.4, 0.5) is 5.00 Å². The van der Waals surface area contributed by atoms with Gasteiger partial charge in [0.15, 0.2) is 11.5 Å². The van der Waals surface area contributed by atoms with Crippen molar-refractivity contribution >= 4 is 22.2 Å². The van der Waals surface area contributed by atoms with E-state index in [1.807, 2.05) is 0 Å². The summed E-state index contributed by atoms with van der Waals surface area (Å²) in [6.45, 7) is 6.26. The molecule has 3 heterocycles. The molecule has 0 radical (unpaired) electrons. The second-order valence-electron chi connectivity index (χ2n) is 6.97. The van der Waals surface area contributed by atoms with Crippen LogP contribution in [-0.2, 0) is 13.0 Å². The van der Waals surface area contributed by atoms with Crippen LogP contribution in [0.25, 0.3) is 0 Å². The van der Waals surface area contributed by atoms with E-state index in [2.05, 4.69) is 29.4 Å². The highest BCUT2D eigenvalue weighted by Crippen LogP contribution is 2.43. The molecule has 0 spiro atoms. The quantitative estimate of drug-likeness (QED) is 0.771. The van der Waals surface area contributed by atoms with Gasteiger partial charge in [-0.15, -0.1) is 11.3 Å². The number of nitrogens with zero attached hydrogens (tertiary/aromatic N) is 1. The van der Waals surface area contributed by atoms with Crippen LogP contribution in [0.3, 0.4) is 0 Å². The number of carbonyl (C=O) groups excluding carboxylic acids is 1. The lowest BCUT2D eigenvalue weighted by Crippen LogP contribution is -2.39. The summed E-state index contributed by atoms with van der Waals surface area (Å²) in [6, 6.07) is 5.77. The molecule has 6 nitrogen and oxygen atoms in total. The van der Waals surface area contributed by atoms with Gasteiger partial charge >= 0.3 is 0 Å². The second-order valence-corrected chi connectivity index (χ2v) is 8.08. The molecular weight excluding hydrogens is 350 g/mol. The van der Waals surface area contributed by atoms with E-state index in [1.165, 1.54) is 17.6 Å². The van der Waals surface area contributed by atoms with Crippen molar-refractivity contribution in [2.75, 3.05) is 19.0 Å². The van der Waals surface area contributed by atoms with E-state index in [-0.39, 0.29) is 11.7 Å². The molecule has 1 aromatic heterocycles. The number of carbonyl (C=O) groups is 1. The molecule has 3 N–H and O–H groups in total. The minimum Gasteiger partial charge on any atom is -0.504 e. The Kier molecular flexibility index (Phi) is 4.28. The summed E-state index contributed by atoms with van der Waals surface area (Å²) in [4.78, 5) is 16.5. The number of ether oxygens (including phenoxy) is 1. The zero-order valence-electron chi connectivity index (χ0n) is 15.1. The maximum Gasteiger partial charge on any atom is 0.256 e. The lowest BCUT2D eigenvalue weighted by Gasteiger charge is -2.31. The first kappa shape index (κ1) is 17.2. The molecule has 0 fully saturated rings. The number of para-hydroxylation sites is 1. The van der Waals surface area contributed by atoms with Crippen LogP contribution in [0, 0.1) is 0 Å². The predicted molar refractivity (Wildman–Crippen MR) is 102 cm³/mol. The van der Waals surface area contributed by atoms with Gasteiger partial charge in [-0.25, -0.2) is 0 Å². The molecule has 1 atom stereocenters. The Bertz CT molecular complexity index is 862. The van der Waals surface area contributed by atoms with Gasteiger partial charge < -0.3 is 20.5 Å².